The smallest absolute Gasteiger partial charge is 0.304 e. The first-order valence-corrected chi connectivity index (χ1v) is 15.6. The number of likely N-dealkylation sites (tertiary alicyclic amines) is 1. The second kappa shape index (κ2) is 11.1. The summed E-state index contributed by atoms with van der Waals surface area (Å²) in [6.07, 6.45) is 4.32. The summed E-state index contributed by atoms with van der Waals surface area (Å²) in [5.41, 5.74) is 0.398. The predicted molar refractivity (Wildman–Crippen MR) is 153 cm³/mol. The Morgan fingerprint density at radius 2 is 1.73 bits per heavy atom. The van der Waals surface area contributed by atoms with Crippen LogP contribution in [0, 0.1) is 11.3 Å². The number of nitrogens with zero attached hydrogens (tertiary/aromatic N) is 2. The number of benzene rings is 2. The number of halogens is 2. The van der Waals surface area contributed by atoms with E-state index < -0.39 is 33.3 Å². The van der Waals surface area contributed by atoms with Crippen molar-refractivity contribution < 1.29 is 23.1 Å². The van der Waals surface area contributed by atoms with Crippen molar-refractivity contribution in [1.82, 2.24) is 9.88 Å². The lowest BCUT2D eigenvalue weighted by atomic mass is 9.67. The third-order valence-electron chi connectivity index (χ3n) is 8.05. The molecule has 0 unspecified atom stereocenters. The van der Waals surface area contributed by atoms with Crippen molar-refractivity contribution in [1.29, 1.82) is 0 Å². The Kier molecular flexibility index (Phi) is 7.97. The van der Waals surface area contributed by atoms with Crippen LogP contribution in [0.3, 0.4) is 0 Å². The van der Waals surface area contributed by atoms with Crippen LogP contribution >= 0.6 is 23.2 Å². The molecule has 7 nitrogen and oxygen atoms in total. The lowest BCUT2D eigenvalue weighted by molar-refractivity contribution is -0.160. The molecule has 1 aromatic heterocycles. The van der Waals surface area contributed by atoms with Gasteiger partial charge in [0, 0.05) is 34.4 Å². The van der Waals surface area contributed by atoms with Crippen LogP contribution in [-0.2, 0) is 19.4 Å². The van der Waals surface area contributed by atoms with Crippen molar-refractivity contribution in [3.8, 4) is 0 Å². The molecular weight excluding hydrogens is 571 g/mol. The second-order valence-corrected chi connectivity index (χ2v) is 14.0. The van der Waals surface area contributed by atoms with Gasteiger partial charge < -0.3 is 10.0 Å². The van der Waals surface area contributed by atoms with E-state index >= 15 is 0 Å². The maximum atomic E-state index is 14.5. The molecule has 0 radical (unpaired) electrons. The van der Waals surface area contributed by atoms with Crippen molar-refractivity contribution >= 4 is 44.9 Å². The Balaban J connectivity index is 1.69. The summed E-state index contributed by atoms with van der Waals surface area (Å²) in [4.78, 5) is 32.3. The minimum atomic E-state index is -3.79. The molecule has 2 aliphatic rings. The Morgan fingerprint density at radius 3 is 2.33 bits per heavy atom. The number of piperidine rings is 1. The fourth-order valence-corrected chi connectivity index (χ4v) is 7.97. The van der Waals surface area contributed by atoms with Gasteiger partial charge in [0.2, 0.25) is 5.91 Å². The molecule has 0 bridgehead atoms. The monoisotopic (exact) mass is 600 g/mol. The Labute approximate surface area is 244 Å². The van der Waals surface area contributed by atoms with Gasteiger partial charge in [-0.05, 0) is 72.7 Å². The van der Waals surface area contributed by atoms with Gasteiger partial charge in [-0.25, -0.2) is 8.42 Å². The first-order chi connectivity index (χ1) is 19.0. The van der Waals surface area contributed by atoms with Crippen LogP contribution in [0.15, 0.2) is 78.0 Å². The largest absolute Gasteiger partial charge is 0.481 e. The number of aliphatic carboxylic acids is 1. The molecule has 1 N–H and O–H groups in total. The predicted octanol–water partition coefficient (Wildman–Crippen LogP) is 6.18. The van der Waals surface area contributed by atoms with E-state index in [0.717, 1.165) is 24.0 Å². The summed E-state index contributed by atoms with van der Waals surface area (Å²) < 4.78 is 27.3. The molecule has 2 heterocycles. The average Bonchev–Trinajstić information content (AvgIpc) is 3.75. The molecule has 10 heteroatoms. The van der Waals surface area contributed by atoms with Crippen molar-refractivity contribution in [2.75, 3.05) is 5.75 Å². The molecule has 40 heavy (non-hydrogen) atoms. The van der Waals surface area contributed by atoms with Gasteiger partial charge >= 0.3 is 5.97 Å². The zero-order valence-electron chi connectivity index (χ0n) is 21.9. The summed E-state index contributed by atoms with van der Waals surface area (Å²) in [6, 6.07) is 16.3. The molecule has 5 rings (SSSR count). The molecule has 1 saturated heterocycles. The van der Waals surface area contributed by atoms with Gasteiger partial charge in [-0.3, -0.25) is 14.6 Å². The topological polar surface area (TPSA) is 105 Å². The zero-order valence-corrected chi connectivity index (χ0v) is 24.2. The molecule has 1 aliphatic heterocycles. The maximum Gasteiger partial charge on any atom is 0.304 e. The molecule has 2 aromatic carbocycles. The number of hydrogen-bond donors (Lipinski definition) is 1. The third-order valence-corrected chi connectivity index (χ3v) is 10.3. The van der Waals surface area contributed by atoms with Crippen LogP contribution in [0.4, 0.5) is 0 Å². The van der Waals surface area contributed by atoms with Crippen LogP contribution in [0.25, 0.3) is 0 Å². The lowest BCUT2D eigenvalue weighted by Crippen LogP contribution is -2.58. The second-order valence-electron chi connectivity index (χ2n) is 11.1. The van der Waals surface area contributed by atoms with Gasteiger partial charge in [-0.15, -0.1) is 0 Å². The fraction of sp³-hybridized carbons (Fsp3) is 0.367. The normalized spacial score (nSPS) is 24.1. The van der Waals surface area contributed by atoms with E-state index in [-0.39, 0.29) is 41.2 Å². The third kappa shape index (κ3) is 5.90. The van der Waals surface area contributed by atoms with E-state index in [0.29, 0.717) is 10.0 Å². The molecule has 4 atom stereocenters. The number of carbonyl (C=O) groups excluding carboxylic acids is 1. The average molecular weight is 602 g/mol. The minimum absolute atomic E-state index is 0.0254. The highest BCUT2D eigenvalue weighted by atomic mass is 35.5. The molecular formula is C30H30Cl2N2O5S. The van der Waals surface area contributed by atoms with Gasteiger partial charge in [0.1, 0.15) is 0 Å². The quantitative estimate of drug-likeness (QED) is 0.314. The molecule has 1 amide bonds. The van der Waals surface area contributed by atoms with E-state index in [2.05, 4.69) is 4.98 Å². The standard InChI is InChI=1S/C30H30Cl2N2O5S/c1-30(17-27(35)36)16-25(21-3-2-4-23(32)15-21)28(20-7-9-22(31)10-8-20)34(29(30)37)26(19-5-6-19)18-40(38,39)24-11-13-33-14-12-24/h2-4,7-15,19,25-26,28H,5-6,16-18H2,1H3,(H,35,36)/t25-,26-,28-,30+/m1/s1. The number of rotatable bonds is 9. The SMILES string of the molecule is C[C@@]1(CC(=O)O)C[C@H](c2cccc(Cl)c2)[C@@H](c2ccc(Cl)cc2)N([C@H](CS(=O)(=O)c2ccncc2)C2CC2)C1=O. The highest BCUT2D eigenvalue weighted by Gasteiger charge is 2.55. The van der Waals surface area contributed by atoms with E-state index in [9.17, 15) is 23.1 Å². The number of carboxylic acid groups (broad SMARTS) is 1. The van der Waals surface area contributed by atoms with E-state index in [1.54, 1.807) is 30.0 Å². The van der Waals surface area contributed by atoms with Gasteiger partial charge in [0.25, 0.3) is 0 Å². The maximum absolute atomic E-state index is 14.5. The van der Waals surface area contributed by atoms with Crippen molar-refractivity contribution in [3.05, 3.63) is 94.2 Å². The van der Waals surface area contributed by atoms with Crippen LogP contribution in [0.1, 0.15) is 55.7 Å². The molecule has 210 valence electrons. The number of sulfone groups is 1. The van der Waals surface area contributed by atoms with Crippen molar-refractivity contribution in [2.45, 2.75) is 55.5 Å². The van der Waals surface area contributed by atoms with Crippen LogP contribution in [0.2, 0.25) is 10.0 Å². The van der Waals surface area contributed by atoms with Gasteiger partial charge in [0.15, 0.2) is 9.84 Å². The van der Waals surface area contributed by atoms with E-state index in [1.807, 2.05) is 30.3 Å². The highest BCUT2D eigenvalue weighted by Crippen LogP contribution is 2.54. The first kappa shape index (κ1) is 28.6. The van der Waals surface area contributed by atoms with Crippen LogP contribution in [-0.4, -0.2) is 47.1 Å². The van der Waals surface area contributed by atoms with E-state index in [4.69, 9.17) is 23.2 Å². The Morgan fingerprint density at radius 1 is 1.05 bits per heavy atom. The van der Waals surface area contributed by atoms with Gasteiger partial charge in [-0.2, -0.15) is 0 Å². The molecule has 2 fully saturated rings. The fourth-order valence-electron chi connectivity index (χ4n) is 6.04. The number of pyridine rings is 1. The number of aromatic nitrogens is 1. The summed E-state index contributed by atoms with van der Waals surface area (Å²) in [7, 11) is -3.79. The Bertz CT molecular complexity index is 1510. The van der Waals surface area contributed by atoms with Gasteiger partial charge in [-0.1, -0.05) is 54.4 Å². The minimum Gasteiger partial charge on any atom is -0.481 e. The molecule has 3 aromatic rings. The van der Waals surface area contributed by atoms with Crippen LogP contribution in [0.5, 0.6) is 0 Å². The number of hydrogen-bond acceptors (Lipinski definition) is 5. The number of carboxylic acids is 1. The van der Waals surface area contributed by atoms with Crippen molar-refractivity contribution in [2.24, 2.45) is 11.3 Å². The van der Waals surface area contributed by atoms with Crippen LogP contribution < -0.4 is 0 Å². The molecule has 1 aliphatic carbocycles. The van der Waals surface area contributed by atoms with Crippen molar-refractivity contribution in [3.63, 3.8) is 0 Å². The molecule has 1 saturated carbocycles. The molecule has 0 spiro atoms. The lowest BCUT2D eigenvalue weighted by Gasteiger charge is -2.52. The summed E-state index contributed by atoms with van der Waals surface area (Å²) in [5.74, 6) is -2.08. The highest BCUT2D eigenvalue weighted by molar-refractivity contribution is 7.91. The Hall–Kier alpha value is -2.94. The van der Waals surface area contributed by atoms with Gasteiger partial charge in [0.05, 0.1) is 28.5 Å². The van der Waals surface area contributed by atoms with E-state index in [1.165, 1.54) is 24.5 Å². The number of amides is 1. The summed E-state index contributed by atoms with van der Waals surface area (Å²) >= 11 is 12.6. The first-order valence-electron chi connectivity index (χ1n) is 13.2. The zero-order chi connectivity index (χ0) is 28.7. The summed E-state index contributed by atoms with van der Waals surface area (Å²) in [6.45, 7) is 1.67. The number of carbonyl (C=O) groups is 2. The summed E-state index contributed by atoms with van der Waals surface area (Å²) in [5, 5.41) is 10.9.